The van der Waals surface area contributed by atoms with Crippen LogP contribution in [0.1, 0.15) is 71.6 Å². The van der Waals surface area contributed by atoms with E-state index in [1.165, 1.54) is 95.3 Å². The van der Waals surface area contributed by atoms with Gasteiger partial charge in [0.15, 0.2) is 0 Å². The van der Waals surface area contributed by atoms with E-state index in [1.807, 2.05) is 0 Å². The number of nitrogens with zero attached hydrogens (tertiary/aromatic N) is 1. The van der Waals surface area contributed by atoms with E-state index < -0.39 is 5.41 Å². The van der Waals surface area contributed by atoms with E-state index in [2.05, 4.69) is 170 Å². The second-order valence-electron chi connectivity index (χ2n) is 14.7. The van der Waals surface area contributed by atoms with Crippen molar-refractivity contribution in [3.63, 3.8) is 0 Å². The van der Waals surface area contributed by atoms with Gasteiger partial charge in [-0.2, -0.15) is 0 Å². The molecule has 1 nitrogen and oxygen atoms in total. The Hall–Kier alpha value is -4.79. The molecular weight excluding hydrogens is 599 g/mol. The summed E-state index contributed by atoms with van der Waals surface area (Å²) in [6, 6.07) is 49.2. The van der Waals surface area contributed by atoms with E-state index in [0.29, 0.717) is 11.2 Å². The fourth-order valence-electron chi connectivity index (χ4n) is 10.0. The van der Waals surface area contributed by atoms with E-state index in [4.69, 9.17) is 0 Å². The fraction of sp³-hybridized carbons (Fsp3) is 0.174. The fourth-order valence-corrected chi connectivity index (χ4v) is 11.5. The Labute approximate surface area is 286 Å². The van der Waals surface area contributed by atoms with Crippen LogP contribution in [0.15, 0.2) is 144 Å². The van der Waals surface area contributed by atoms with Gasteiger partial charge in [0, 0.05) is 32.3 Å². The van der Waals surface area contributed by atoms with Gasteiger partial charge in [0.05, 0.1) is 22.1 Å². The third kappa shape index (κ3) is 3.25. The SMILES string of the molecule is CC1(C)c2ccccc2C2(c3ccccc3-n3c4ccccc4c4cccc2c43)c2cc(-c3ccc4c(c3)C3C=CCCC3S4)ccc21. The first kappa shape index (κ1) is 27.2. The first-order valence-electron chi connectivity index (χ1n) is 17.4. The Morgan fingerprint density at radius 3 is 2.25 bits per heavy atom. The van der Waals surface area contributed by atoms with E-state index in [0.717, 1.165) is 0 Å². The number of hydrogen-bond acceptors (Lipinski definition) is 1. The van der Waals surface area contributed by atoms with E-state index in [9.17, 15) is 0 Å². The highest BCUT2D eigenvalue weighted by Crippen LogP contribution is 2.61. The number of thioether (sulfide) groups is 1. The summed E-state index contributed by atoms with van der Waals surface area (Å²) in [4.78, 5) is 1.46. The number of fused-ring (bicyclic) bond motifs is 14. The first-order valence-corrected chi connectivity index (χ1v) is 18.3. The van der Waals surface area contributed by atoms with Crippen LogP contribution in [0.2, 0.25) is 0 Å². The number of aromatic nitrogens is 1. The minimum atomic E-state index is -0.471. The van der Waals surface area contributed by atoms with Crippen LogP contribution in [0.4, 0.5) is 0 Å². The smallest absolute Gasteiger partial charge is 0.0748 e. The quantitative estimate of drug-likeness (QED) is 0.163. The van der Waals surface area contributed by atoms with Gasteiger partial charge in [-0.15, -0.1) is 11.8 Å². The molecule has 4 aliphatic rings. The zero-order valence-electron chi connectivity index (χ0n) is 27.2. The molecule has 48 heavy (non-hydrogen) atoms. The molecular formula is C46H35NS. The lowest BCUT2D eigenvalue weighted by Crippen LogP contribution is -2.44. The molecule has 0 saturated heterocycles. The molecule has 2 aliphatic carbocycles. The number of benzene rings is 6. The number of allylic oxidation sites excluding steroid dienone is 2. The van der Waals surface area contributed by atoms with Crippen LogP contribution >= 0.6 is 11.8 Å². The topological polar surface area (TPSA) is 4.93 Å². The minimum absolute atomic E-state index is 0.155. The molecule has 7 aromatic rings. The zero-order chi connectivity index (χ0) is 31.8. The predicted octanol–water partition coefficient (Wildman–Crippen LogP) is 11.7. The Morgan fingerprint density at radius 2 is 1.33 bits per heavy atom. The van der Waals surface area contributed by atoms with E-state index in [-0.39, 0.29) is 5.41 Å². The third-order valence-electron chi connectivity index (χ3n) is 12.1. The summed E-state index contributed by atoms with van der Waals surface area (Å²) in [5.41, 5.74) is 15.7. The van der Waals surface area contributed by atoms with Gasteiger partial charge in [0.25, 0.3) is 0 Å². The van der Waals surface area contributed by atoms with E-state index >= 15 is 0 Å². The lowest BCUT2D eigenvalue weighted by molar-refractivity contribution is 0.556. The number of para-hydroxylation sites is 3. The Bertz CT molecular complexity index is 2550. The Morgan fingerprint density at radius 1 is 0.625 bits per heavy atom. The molecule has 3 atom stereocenters. The highest BCUT2D eigenvalue weighted by Gasteiger charge is 2.52. The van der Waals surface area contributed by atoms with Crippen molar-refractivity contribution in [2.45, 2.75) is 53.6 Å². The van der Waals surface area contributed by atoms with Crippen LogP contribution in [0.25, 0.3) is 38.6 Å². The Balaban J connectivity index is 1.27. The number of rotatable bonds is 1. The number of hydrogen-bond donors (Lipinski definition) is 0. The summed E-state index contributed by atoms with van der Waals surface area (Å²) in [7, 11) is 0. The molecule has 3 heterocycles. The van der Waals surface area contributed by atoms with Crippen molar-refractivity contribution in [2.24, 2.45) is 0 Å². The molecule has 0 amide bonds. The second kappa shape index (κ2) is 9.43. The average Bonchev–Trinajstić information content (AvgIpc) is 3.68. The monoisotopic (exact) mass is 633 g/mol. The molecule has 0 radical (unpaired) electrons. The van der Waals surface area contributed by atoms with Gasteiger partial charge in [0.2, 0.25) is 0 Å². The second-order valence-corrected chi connectivity index (χ2v) is 16.0. The van der Waals surface area contributed by atoms with Crippen LogP contribution in [0, 0.1) is 0 Å². The van der Waals surface area contributed by atoms with Gasteiger partial charge >= 0.3 is 0 Å². The molecule has 0 bridgehead atoms. The molecule has 1 spiro atoms. The molecule has 0 fully saturated rings. The molecule has 2 aliphatic heterocycles. The molecule has 6 aromatic carbocycles. The maximum atomic E-state index is 2.57. The molecule has 3 unspecified atom stereocenters. The summed E-state index contributed by atoms with van der Waals surface area (Å²) < 4.78 is 2.54. The van der Waals surface area contributed by atoms with Gasteiger partial charge in [0.1, 0.15) is 0 Å². The lowest BCUT2D eigenvalue weighted by atomic mass is 9.53. The minimum Gasteiger partial charge on any atom is -0.309 e. The van der Waals surface area contributed by atoms with Crippen LogP contribution in [0.3, 0.4) is 0 Å². The lowest BCUT2D eigenvalue weighted by Gasteiger charge is -2.50. The molecule has 230 valence electrons. The summed E-state index contributed by atoms with van der Waals surface area (Å²) in [6.07, 6.45) is 7.34. The molecule has 0 saturated carbocycles. The van der Waals surface area contributed by atoms with Crippen molar-refractivity contribution in [3.05, 3.63) is 178 Å². The maximum Gasteiger partial charge on any atom is 0.0748 e. The largest absolute Gasteiger partial charge is 0.309 e. The van der Waals surface area contributed by atoms with Crippen LogP contribution in [-0.2, 0) is 10.8 Å². The standard InChI is InChI=1S/C46H35NS/c1-45(2)34-15-5-6-16-36(34)46(37-17-7-9-20-41(37)47-40-19-8-3-12-30(40)32-14-11-18-38(46)44(32)47)39-27-29(22-24-35(39)45)28-23-25-43-33(26-28)31-13-4-10-21-42(31)48-43/h3-9,11-20,22-27,31,42H,10,21H2,1-2H3. The van der Waals surface area contributed by atoms with E-state index in [1.54, 1.807) is 0 Å². The maximum absolute atomic E-state index is 2.57. The van der Waals surface area contributed by atoms with Crippen LogP contribution in [0.5, 0.6) is 0 Å². The molecule has 11 rings (SSSR count). The van der Waals surface area contributed by atoms with Gasteiger partial charge in [-0.25, -0.2) is 0 Å². The van der Waals surface area contributed by atoms with Crippen molar-refractivity contribution in [3.8, 4) is 16.8 Å². The molecule has 1 aromatic heterocycles. The van der Waals surface area contributed by atoms with Crippen LogP contribution in [-0.4, -0.2) is 9.82 Å². The van der Waals surface area contributed by atoms with Crippen molar-refractivity contribution in [1.82, 2.24) is 4.57 Å². The summed E-state index contributed by atoms with van der Waals surface area (Å²) in [6.45, 7) is 4.84. The molecule has 2 heteroatoms. The summed E-state index contributed by atoms with van der Waals surface area (Å²) in [5, 5.41) is 3.31. The third-order valence-corrected chi connectivity index (χ3v) is 13.5. The normalized spacial score (nSPS) is 22.3. The van der Waals surface area contributed by atoms with Gasteiger partial charge < -0.3 is 4.57 Å². The Kier molecular flexibility index (Phi) is 5.34. The van der Waals surface area contributed by atoms with Crippen molar-refractivity contribution in [2.75, 3.05) is 0 Å². The first-order chi connectivity index (χ1) is 23.6. The summed E-state index contributed by atoms with van der Waals surface area (Å²) in [5.74, 6) is 0.526. The van der Waals surface area contributed by atoms with Crippen LogP contribution < -0.4 is 0 Å². The van der Waals surface area contributed by atoms with Gasteiger partial charge in [-0.1, -0.05) is 123 Å². The predicted molar refractivity (Wildman–Crippen MR) is 201 cm³/mol. The highest BCUT2D eigenvalue weighted by atomic mass is 32.2. The zero-order valence-corrected chi connectivity index (χ0v) is 28.0. The van der Waals surface area contributed by atoms with Gasteiger partial charge in [-0.05, 0) is 93.2 Å². The average molecular weight is 634 g/mol. The van der Waals surface area contributed by atoms with Crippen molar-refractivity contribution in [1.29, 1.82) is 0 Å². The summed E-state index contributed by atoms with van der Waals surface area (Å²) >= 11 is 2.09. The highest BCUT2D eigenvalue weighted by molar-refractivity contribution is 8.00. The van der Waals surface area contributed by atoms with Crippen molar-refractivity contribution >= 4 is 33.6 Å². The molecule has 0 N–H and O–H groups in total. The van der Waals surface area contributed by atoms with Gasteiger partial charge in [-0.3, -0.25) is 0 Å². The van der Waals surface area contributed by atoms with Crippen molar-refractivity contribution < 1.29 is 0 Å².